The van der Waals surface area contributed by atoms with Gasteiger partial charge in [0.25, 0.3) is 5.91 Å². The Morgan fingerprint density at radius 3 is 2.56 bits per heavy atom. The van der Waals surface area contributed by atoms with Crippen LogP contribution in [0.25, 0.3) is 0 Å². The van der Waals surface area contributed by atoms with E-state index in [4.69, 9.17) is 4.74 Å². The highest BCUT2D eigenvalue weighted by atomic mass is 16.5. The first-order chi connectivity index (χ1) is 13.0. The van der Waals surface area contributed by atoms with Crippen LogP contribution in [0.2, 0.25) is 0 Å². The van der Waals surface area contributed by atoms with E-state index in [2.05, 4.69) is 29.2 Å². The van der Waals surface area contributed by atoms with Crippen LogP contribution in [0.3, 0.4) is 0 Å². The molecule has 1 saturated heterocycles. The topological polar surface area (TPSA) is 59.4 Å². The molecule has 1 aromatic carbocycles. The normalized spacial score (nSPS) is 20.6. The molecule has 146 valence electrons. The first-order valence-electron chi connectivity index (χ1n) is 9.73. The van der Waals surface area contributed by atoms with Gasteiger partial charge in [-0.05, 0) is 50.5 Å². The summed E-state index contributed by atoms with van der Waals surface area (Å²) in [5.74, 6) is -0.0215. The van der Waals surface area contributed by atoms with Crippen molar-refractivity contribution < 1.29 is 9.53 Å². The van der Waals surface area contributed by atoms with Gasteiger partial charge in [0.15, 0.2) is 0 Å². The minimum atomic E-state index is -0.0215. The van der Waals surface area contributed by atoms with Crippen LogP contribution >= 0.6 is 0 Å². The first kappa shape index (κ1) is 19.6. The lowest BCUT2D eigenvalue weighted by Gasteiger charge is -2.35. The molecule has 1 aliphatic heterocycles. The smallest absolute Gasteiger partial charge is 0.251 e. The number of carbonyl (C=O) groups is 1. The van der Waals surface area contributed by atoms with Crippen molar-refractivity contribution in [3.05, 3.63) is 53.3 Å². The number of amides is 1. The Bertz CT molecular complexity index is 731. The molecule has 2 atom stereocenters. The molecule has 6 nitrogen and oxygen atoms in total. The van der Waals surface area contributed by atoms with Crippen LogP contribution in [0, 0.1) is 6.92 Å². The van der Waals surface area contributed by atoms with Crippen LogP contribution in [0.15, 0.2) is 36.7 Å². The molecule has 0 spiro atoms. The number of aryl methyl sites for hydroxylation is 2. The van der Waals surface area contributed by atoms with Crippen molar-refractivity contribution in [2.75, 3.05) is 19.6 Å². The Kier molecular flexibility index (Phi) is 6.63. The quantitative estimate of drug-likeness (QED) is 0.761. The van der Waals surface area contributed by atoms with Gasteiger partial charge < -0.3 is 10.1 Å². The second-order valence-electron chi connectivity index (χ2n) is 7.54. The number of hydrogen-bond donors (Lipinski definition) is 1. The summed E-state index contributed by atoms with van der Waals surface area (Å²) < 4.78 is 7.69. The molecule has 6 heteroatoms. The van der Waals surface area contributed by atoms with Gasteiger partial charge >= 0.3 is 0 Å². The van der Waals surface area contributed by atoms with Crippen LogP contribution in [0.4, 0.5) is 0 Å². The van der Waals surface area contributed by atoms with Gasteiger partial charge in [0.1, 0.15) is 0 Å². The Labute approximate surface area is 161 Å². The zero-order valence-corrected chi connectivity index (χ0v) is 16.5. The number of aromatic nitrogens is 2. The van der Waals surface area contributed by atoms with Gasteiger partial charge in [0.05, 0.1) is 18.4 Å². The fourth-order valence-electron chi connectivity index (χ4n) is 3.57. The summed E-state index contributed by atoms with van der Waals surface area (Å²) in [6, 6.07) is 7.92. The minimum absolute atomic E-state index is 0.0215. The van der Waals surface area contributed by atoms with Gasteiger partial charge in [0, 0.05) is 44.5 Å². The van der Waals surface area contributed by atoms with Crippen LogP contribution in [-0.2, 0) is 17.8 Å². The third-order valence-corrected chi connectivity index (χ3v) is 4.73. The van der Waals surface area contributed by atoms with Crippen LogP contribution in [0.1, 0.15) is 41.8 Å². The maximum Gasteiger partial charge on any atom is 0.251 e. The third kappa shape index (κ3) is 5.91. The van der Waals surface area contributed by atoms with Crippen molar-refractivity contribution in [1.29, 1.82) is 0 Å². The number of hydrogen-bond acceptors (Lipinski definition) is 4. The monoisotopic (exact) mass is 370 g/mol. The Morgan fingerprint density at radius 2 is 1.93 bits per heavy atom. The van der Waals surface area contributed by atoms with E-state index in [0.29, 0.717) is 12.1 Å². The van der Waals surface area contributed by atoms with Gasteiger partial charge in [-0.3, -0.25) is 14.4 Å². The maximum atomic E-state index is 12.3. The number of carbonyl (C=O) groups excluding carboxylic acids is 1. The molecule has 0 bridgehead atoms. The molecule has 1 aromatic heterocycles. The number of rotatable bonds is 7. The van der Waals surface area contributed by atoms with E-state index in [1.54, 1.807) is 0 Å². The first-order valence-corrected chi connectivity index (χ1v) is 9.73. The Balaban J connectivity index is 1.43. The second kappa shape index (κ2) is 9.15. The SMILES string of the molecule is Cc1cnn(CCCNC(=O)c2ccc(CN3CC(C)OC(C)C3)cc2)c1. The number of ether oxygens (including phenoxy) is 1. The molecule has 1 N–H and O–H groups in total. The van der Waals surface area contributed by atoms with Crippen LogP contribution in [0.5, 0.6) is 0 Å². The van der Waals surface area contributed by atoms with Crippen molar-refractivity contribution >= 4 is 5.91 Å². The highest BCUT2D eigenvalue weighted by Gasteiger charge is 2.22. The van der Waals surface area contributed by atoms with Gasteiger partial charge in [-0.2, -0.15) is 5.10 Å². The van der Waals surface area contributed by atoms with Crippen molar-refractivity contribution in [2.45, 2.75) is 52.5 Å². The summed E-state index contributed by atoms with van der Waals surface area (Å²) in [5.41, 5.74) is 3.08. The molecule has 27 heavy (non-hydrogen) atoms. The lowest BCUT2D eigenvalue weighted by Crippen LogP contribution is -2.44. The summed E-state index contributed by atoms with van der Waals surface area (Å²) in [5, 5.41) is 7.23. The largest absolute Gasteiger partial charge is 0.373 e. The third-order valence-electron chi connectivity index (χ3n) is 4.73. The summed E-state index contributed by atoms with van der Waals surface area (Å²) in [6.07, 6.45) is 5.25. The summed E-state index contributed by atoms with van der Waals surface area (Å²) in [7, 11) is 0. The van der Waals surface area contributed by atoms with Gasteiger partial charge in [-0.1, -0.05) is 12.1 Å². The van der Waals surface area contributed by atoms with Crippen LogP contribution in [-0.4, -0.2) is 52.4 Å². The van der Waals surface area contributed by atoms with E-state index in [1.165, 1.54) is 5.56 Å². The van der Waals surface area contributed by atoms with E-state index >= 15 is 0 Å². The number of nitrogens with zero attached hydrogens (tertiary/aromatic N) is 3. The van der Waals surface area contributed by atoms with Crippen LogP contribution < -0.4 is 5.32 Å². The standard InChI is InChI=1S/C21H30N4O2/c1-16-11-23-25(12-16)10-4-9-22-21(26)20-7-5-19(6-8-20)15-24-13-17(2)27-18(3)14-24/h5-8,11-12,17-18H,4,9-10,13-15H2,1-3H3,(H,22,26). The number of benzene rings is 1. The van der Waals surface area contributed by atoms with Gasteiger partial charge in [-0.25, -0.2) is 0 Å². The van der Waals surface area contributed by atoms with Crippen molar-refractivity contribution in [1.82, 2.24) is 20.0 Å². The zero-order chi connectivity index (χ0) is 19.2. The van der Waals surface area contributed by atoms with E-state index in [9.17, 15) is 4.79 Å². The minimum Gasteiger partial charge on any atom is -0.373 e. The Morgan fingerprint density at radius 1 is 1.22 bits per heavy atom. The fourth-order valence-corrected chi connectivity index (χ4v) is 3.57. The van der Waals surface area contributed by atoms with Crippen molar-refractivity contribution in [3.63, 3.8) is 0 Å². The summed E-state index contributed by atoms with van der Waals surface area (Å²) in [4.78, 5) is 14.7. The lowest BCUT2D eigenvalue weighted by atomic mass is 10.1. The average molecular weight is 370 g/mol. The molecular formula is C21H30N4O2. The molecule has 0 aliphatic carbocycles. The molecule has 0 radical (unpaired) electrons. The number of nitrogens with one attached hydrogen (secondary N) is 1. The van der Waals surface area contributed by atoms with Crippen molar-refractivity contribution in [3.8, 4) is 0 Å². The molecule has 3 rings (SSSR count). The van der Waals surface area contributed by atoms with E-state index in [1.807, 2.05) is 48.3 Å². The predicted octanol–water partition coefficient (Wildman–Crippen LogP) is 2.62. The van der Waals surface area contributed by atoms with E-state index in [-0.39, 0.29) is 18.1 Å². The molecule has 2 unspecified atom stereocenters. The Hall–Kier alpha value is -2.18. The predicted molar refractivity (Wildman–Crippen MR) is 106 cm³/mol. The highest BCUT2D eigenvalue weighted by molar-refractivity contribution is 5.94. The summed E-state index contributed by atoms with van der Waals surface area (Å²) in [6.45, 7) is 10.5. The van der Waals surface area contributed by atoms with E-state index < -0.39 is 0 Å². The lowest BCUT2D eigenvalue weighted by molar-refractivity contribution is -0.0704. The average Bonchev–Trinajstić information content (AvgIpc) is 3.03. The second-order valence-corrected chi connectivity index (χ2v) is 7.54. The zero-order valence-electron chi connectivity index (χ0n) is 16.5. The van der Waals surface area contributed by atoms with Crippen molar-refractivity contribution in [2.24, 2.45) is 0 Å². The summed E-state index contributed by atoms with van der Waals surface area (Å²) >= 11 is 0. The molecular weight excluding hydrogens is 340 g/mol. The molecule has 2 heterocycles. The highest BCUT2D eigenvalue weighted by Crippen LogP contribution is 2.14. The van der Waals surface area contributed by atoms with Gasteiger partial charge in [-0.15, -0.1) is 0 Å². The van der Waals surface area contributed by atoms with Gasteiger partial charge in [0.2, 0.25) is 0 Å². The molecule has 1 fully saturated rings. The maximum absolute atomic E-state index is 12.3. The molecule has 0 saturated carbocycles. The van der Waals surface area contributed by atoms with E-state index in [0.717, 1.165) is 38.2 Å². The fraction of sp³-hybridized carbons (Fsp3) is 0.524. The molecule has 2 aromatic rings. The molecule has 1 amide bonds. The number of morpholine rings is 1. The molecule has 1 aliphatic rings.